The van der Waals surface area contributed by atoms with Gasteiger partial charge in [-0.1, -0.05) is 13.8 Å². The molecule has 20 heavy (non-hydrogen) atoms. The van der Waals surface area contributed by atoms with Crippen molar-refractivity contribution in [2.75, 3.05) is 18.0 Å². The Kier molecular flexibility index (Phi) is 5.66. The molecule has 0 aliphatic rings. The Morgan fingerprint density at radius 3 is 2.70 bits per heavy atom. The molecule has 6 nitrogen and oxygen atoms in total. The summed E-state index contributed by atoms with van der Waals surface area (Å²) in [4.78, 5) is 23.2. The summed E-state index contributed by atoms with van der Waals surface area (Å²) in [7, 11) is 0. The summed E-state index contributed by atoms with van der Waals surface area (Å²) in [6, 6.07) is 6.53. The molecule has 0 unspecified atom stereocenters. The van der Waals surface area contributed by atoms with E-state index in [-0.39, 0.29) is 11.3 Å². The average molecular weight is 275 g/mol. The first-order chi connectivity index (χ1) is 9.49. The number of nitrogens with zero attached hydrogens (tertiary/aromatic N) is 3. The number of aldehydes is 1. The molecule has 0 amide bonds. The number of rotatable bonds is 7. The van der Waals surface area contributed by atoms with Crippen molar-refractivity contribution in [2.45, 2.75) is 20.3 Å². The monoisotopic (exact) mass is 275 g/mol. The standard InChI is InChI=1S/C14H17N3O3/c1-11(2)9-16(7-3-6-15)13-4-5-14(17(19)20)12(8-13)10-18/h4-5,8,10-11H,3,7,9H2,1-2H3. The minimum absolute atomic E-state index is 0.0539. The number of nitro benzene ring substituents is 1. The molecule has 0 N–H and O–H groups in total. The van der Waals surface area contributed by atoms with Gasteiger partial charge in [0.05, 0.1) is 23.0 Å². The van der Waals surface area contributed by atoms with Crippen molar-refractivity contribution in [2.24, 2.45) is 5.92 Å². The second kappa shape index (κ2) is 7.24. The SMILES string of the molecule is CC(C)CN(CCC#N)c1ccc([N+](=O)[O-])c(C=O)c1. The molecule has 1 aromatic rings. The number of carbonyl (C=O) groups excluding carboxylic acids is 1. The highest BCUT2D eigenvalue weighted by Gasteiger charge is 2.16. The van der Waals surface area contributed by atoms with E-state index in [1.165, 1.54) is 12.1 Å². The molecule has 0 aliphatic carbocycles. The number of nitriles is 1. The van der Waals surface area contributed by atoms with Crippen LogP contribution in [0.25, 0.3) is 0 Å². The van der Waals surface area contributed by atoms with E-state index in [1.807, 2.05) is 18.7 Å². The number of hydrogen-bond donors (Lipinski definition) is 0. The zero-order valence-electron chi connectivity index (χ0n) is 11.6. The van der Waals surface area contributed by atoms with E-state index in [2.05, 4.69) is 6.07 Å². The van der Waals surface area contributed by atoms with E-state index >= 15 is 0 Å². The van der Waals surface area contributed by atoms with Gasteiger partial charge >= 0.3 is 0 Å². The maximum Gasteiger partial charge on any atom is 0.280 e. The van der Waals surface area contributed by atoms with Gasteiger partial charge in [0.15, 0.2) is 6.29 Å². The summed E-state index contributed by atoms with van der Waals surface area (Å²) >= 11 is 0. The summed E-state index contributed by atoms with van der Waals surface area (Å²) < 4.78 is 0. The summed E-state index contributed by atoms with van der Waals surface area (Å²) in [5.41, 5.74) is 0.577. The molecule has 0 heterocycles. The number of anilines is 1. The number of nitro groups is 1. The fourth-order valence-corrected chi connectivity index (χ4v) is 1.95. The second-order valence-corrected chi connectivity index (χ2v) is 4.87. The molecule has 106 valence electrons. The van der Waals surface area contributed by atoms with Crippen LogP contribution in [-0.4, -0.2) is 24.3 Å². The van der Waals surface area contributed by atoms with Crippen LogP contribution >= 0.6 is 0 Å². The highest BCUT2D eigenvalue weighted by molar-refractivity contribution is 5.83. The molecule has 0 aromatic heterocycles. The molecule has 0 spiro atoms. The minimum atomic E-state index is -0.574. The first kappa shape index (κ1) is 15.6. The minimum Gasteiger partial charge on any atom is -0.370 e. The van der Waals surface area contributed by atoms with Gasteiger partial charge in [0.2, 0.25) is 0 Å². The van der Waals surface area contributed by atoms with Crippen LogP contribution in [0.1, 0.15) is 30.6 Å². The van der Waals surface area contributed by atoms with Crippen molar-refractivity contribution < 1.29 is 9.72 Å². The molecule has 0 bridgehead atoms. The van der Waals surface area contributed by atoms with E-state index in [4.69, 9.17) is 5.26 Å². The van der Waals surface area contributed by atoms with E-state index in [9.17, 15) is 14.9 Å². The van der Waals surface area contributed by atoms with Gasteiger partial charge in [-0.05, 0) is 18.1 Å². The summed E-state index contributed by atoms with van der Waals surface area (Å²) in [6.45, 7) is 5.35. The third kappa shape index (κ3) is 4.05. The highest BCUT2D eigenvalue weighted by atomic mass is 16.6. The Morgan fingerprint density at radius 2 is 2.20 bits per heavy atom. The lowest BCUT2D eigenvalue weighted by Gasteiger charge is -2.26. The lowest BCUT2D eigenvalue weighted by molar-refractivity contribution is -0.385. The van der Waals surface area contributed by atoms with Crippen LogP contribution < -0.4 is 4.90 Å². The van der Waals surface area contributed by atoms with Crippen molar-refractivity contribution in [3.05, 3.63) is 33.9 Å². The van der Waals surface area contributed by atoms with Crippen LogP contribution in [0.4, 0.5) is 11.4 Å². The molecule has 0 fully saturated rings. The van der Waals surface area contributed by atoms with Crippen LogP contribution in [0.15, 0.2) is 18.2 Å². The van der Waals surface area contributed by atoms with E-state index < -0.39 is 4.92 Å². The smallest absolute Gasteiger partial charge is 0.280 e. The van der Waals surface area contributed by atoms with E-state index in [1.54, 1.807) is 6.07 Å². The molecule has 0 atom stereocenters. The Labute approximate surface area is 117 Å². The Balaban J connectivity index is 3.10. The number of carbonyl (C=O) groups is 1. The Morgan fingerprint density at radius 1 is 1.50 bits per heavy atom. The van der Waals surface area contributed by atoms with Crippen LogP contribution in [0, 0.1) is 27.4 Å². The van der Waals surface area contributed by atoms with Gasteiger partial charge in [-0.15, -0.1) is 0 Å². The molecular weight excluding hydrogens is 258 g/mol. The van der Waals surface area contributed by atoms with Crippen molar-refractivity contribution in [3.8, 4) is 6.07 Å². The molecule has 0 saturated carbocycles. The van der Waals surface area contributed by atoms with Crippen LogP contribution in [0.2, 0.25) is 0 Å². The average Bonchev–Trinajstić information content (AvgIpc) is 2.42. The first-order valence-electron chi connectivity index (χ1n) is 6.35. The van der Waals surface area contributed by atoms with Crippen LogP contribution in [0.3, 0.4) is 0 Å². The van der Waals surface area contributed by atoms with Gasteiger partial charge in [-0.25, -0.2) is 0 Å². The Hall–Kier alpha value is -2.42. The lowest BCUT2D eigenvalue weighted by Crippen LogP contribution is -2.28. The molecule has 1 aromatic carbocycles. The summed E-state index contributed by atoms with van der Waals surface area (Å²) in [5, 5.41) is 19.5. The fourth-order valence-electron chi connectivity index (χ4n) is 1.95. The van der Waals surface area contributed by atoms with Crippen LogP contribution in [0.5, 0.6) is 0 Å². The quantitative estimate of drug-likeness (QED) is 0.434. The predicted octanol–water partition coefficient (Wildman–Crippen LogP) is 2.78. The first-order valence-corrected chi connectivity index (χ1v) is 6.35. The lowest BCUT2D eigenvalue weighted by atomic mass is 10.1. The zero-order valence-corrected chi connectivity index (χ0v) is 11.6. The third-order valence-corrected chi connectivity index (χ3v) is 2.78. The van der Waals surface area contributed by atoms with Crippen LogP contribution in [-0.2, 0) is 0 Å². The van der Waals surface area contributed by atoms with Crippen molar-refractivity contribution in [3.63, 3.8) is 0 Å². The van der Waals surface area contributed by atoms with Gasteiger partial charge < -0.3 is 4.90 Å². The number of hydrogen-bond acceptors (Lipinski definition) is 5. The molecular formula is C14H17N3O3. The van der Waals surface area contributed by atoms with E-state index in [0.717, 1.165) is 12.2 Å². The van der Waals surface area contributed by atoms with Gasteiger partial charge in [-0.2, -0.15) is 5.26 Å². The molecule has 6 heteroatoms. The summed E-state index contributed by atoms with van der Waals surface area (Å²) in [5.74, 6) is 0.378. The second-order valence-electron chi connectivity index (χ2n) is 4.87. The maximum atomic E-state index is 11.0. The largest absolute Gasteiger partial charge is 0.370 e. The molecule has 0 saturated heterocycles. The molecule has 1 rings (SSSR count). The van der Waals surface area contributed by atoms with Crippen molar-refractivity contribution >= 4 is 17.7 Å². The predicted molar refractivity (Wildman–Crippen MR) is 75.8 cm³/mol. The van der Waals surface area contributed by atoms with E-state index in [0.29, 0.717) is 25.2 Å². The van der Waals surface area contributed by atoms with Gasteiger partial charge in [0.25, 0.3) is 5.69 Å². The maximum absolute atomic E-state index is 11.0. The fraction of sp³-hybridized carbons (Fsp3) is 0.429. The van der Waals surface area contributed by atoms with Gasteiger partial charge in [-0.3, -0.25) is 14.9 Å². The van der Waals surface area contributed by atoms with Crippen molar-refractivity contribution in [1.82, 2.24) is 0 Å². The summed E-state index contributed by atoms with van der Waals surface area (Å²) in [6.07, 6.45) is 0.847. The topological polar surface area (TPSA) is 87.2 Å². The molecule has 0 aliphatic heterocycles. The molecule has 0 radical (unpaired) electrons. The van der Waals surface area contributed by atoms with Gasteiger partial charge in [0.1, 0.15) is 0 Å². The normalized spacial score (nSPS) is 10.1. The van der Waals surface area contributed by atoms with Gasteiger partial charge in [0, 0.05) is 24.8 Å². The Bertz CT molecular complexity index is 535. The third-order valence-electron chi connectivity index (χ3n) is 2.78. The van der Waals surface area contributed by atoms with Crippen molar-refractivity contribution in [1.29, 1.82) is 5.26 Å². The number of benzene rings is 1. The zero-order chi connectivity index (χ0) is 15.1. The highest BCUT2D eigenvalue weighted by Crippen LogP contribution is 2.24.